The third-order valence-corrected chi connectivity index (χ3v) is 5.32. The lowest BCUT2D eigenvalue weighted by Gasteiger charge is -2.10. The Bertz CT molecular complexity index is 1210. The van der Waals surface area contributed by atoms with Crippen molar-refractivity contribution in [2.24, 2.45) is 0 Å². The molecule has 8 nitrogen and oxygen atoms in total. The summed E-state index contributed by atoms with van der Waals surface area (Å²) < 4.78 is 8.14. The van der Waals surface area contributed by atoms with Gasteiger partial charge in [0.05, 0.1) is 11.7 Å². The van der Waals surface area contributed by atoms with Crippen LogP contribution in [0.2, 0.25) is 5.02 Å². The molecule has 2 heterocycles. The summed E-state index contributed by atoms with van der Waals surface area (Å²) in [6, 6.07) is 15.0. The van der Waals surface area contributed by atoms with Gasteiger partial charge in [-0.3, -0.25) is 9.78 Å². The Kier molecular flexibility index (Phi) is 7.18. The standard InChI is InChI=1S/C22H20BrClN6O2/c23-15-1-4-18(5-2-15)32-14-17-12-30(29-28-17)13-22(31)27-10-9-26-20-7-8-25-21-11-16(24)3-6-19(20)21/h1-8,11-12H,9-10,13-14H2,(H,25,26)(H,27,31). The molecule has 164 valence electrons. The van der Waals surface area contributed by atoms with Gasteiger partial charge in [-0.15, -0.1) is 5.10 Å². The highest BCUT2D eigenvalue weighted by Gasteiger charge is 2.07. The summed E-state index contributed by atoms with van der Waals surface area (Å²) in [4.78, 5) is 16.5. The van der Waals surface area contributed by atoms with Crippen molar-refractivity contribution >= 4 is 50.0 Å². The summed E-state index contributed by atoms with van der Waals surface area (Å²) in [5.74, 6) is 0.585. The highest BCUT2D eigenvalue weighted by atomic mass is 79.9. The Balaban J connectivity index is 1.21. The molecule has 2 aromatic carbocycles. The number of rotatable bonds is 9. The number of hydrogen-bond acceptors (Lipinski definition) is 6. The zero-order valence-electron chi connectivity index (χ0n) is 17.0. The van der Waals surface area contributed by atoms with Crippen molar-refractivity contribution in [3.8, 4) is 5.75 Å². The van der Waals surface area contributed by atoms with Gasteiger partial charge in [0.1, 0.15) is 24.6 Å². The van der Waals surface area contributed by atoms with Gasteiger partial charge in [0.25, 0.3) is 0 Å². The minimum Gasteiger partial charge on any atom is -0.487 e. The fraction of sp³-hybridized carbons (Fsp3) is 0.182. The molecule has 0 saturated heterocycles. The summed E-state index contributed by atoms with van der Waals surface area (Å²) in [5.41, 5.74) is 2.40. The zero-order chi connectivity index (χ0) is 22.3. The first kappa shape index (κ1) is 22.0. The summed E-state index contributed by atoms with van der Waals surface area (Å²) in [6.07, 6.45) is 3.42. The second-order valence-electron chi connectivity index (χ2n) is 6.95. The van der Waals surface area contributed by atoms with E-state index >= 15 is 0 Å². The molecule has 0 saturated carbocycles. The van der Waals surface area contributed by atoms with E-state index in [1.165, 1.54) is 4.68 Å². The molecule has 10 heteroatoms. The highest BCUT2D eigenvalue weighted by Crippen LogP contribution is 2.24. The van der Waals surface area contributed by atoms with Gasteiger partial charge in [0.15, 0.2) is 0 Å². The lowest BCUT2D eigenvalue weighted by molar-refractivity contribution is -0.121. The predicted octanol–water partition coefficient (Wildman–Crippen LogP) is 4.05. The number of ether oxygens (including phenoxy) is 1. The van der Waals surface area contributed by atoms with Crippen LogP contribution in [0.3, 0.4) is 0 Å². The predicted molar refractivity (Wildman–Crippen MR) is 127 cm³/mol. The topological polar surface area (TPSA) is 94.0 Å². The molecule has 0 aliphatic heterocycles. The number of carbonyl (C=O) groups excluding carboxylic acids is 1. The van der Waals surface area contributed by atoms with Crippen LogP contribution in [-0.4, -0.2) is 39.0 Å². The van der Waals surface area contributed by atoms with E-state index in [2.05, 4.69) is 41.9 Å². The number of benzene rings is 2. The third-order valence-electron chi connectivity index (χ3n) is 4.56. The van der Waals surface area contributed by atoms with E-state index in [0.29, 0.717) is 23.8 Å². The van der Waals surface area contributed by atoms with Crippen LogP contribution in [0.5, 0.6) is 5.75 Å². The normalized spacial score (nSPS) is 10.8. The van der Waals surface area contributed by atoms with E-state index in [0.717, 1.165) is 26.8 Å². The molecule has 0 fully saturated rings. The maximum atomic E-state index is 12.2. The Morgan fingerprint density at radius 3 is 2.81 bits per heavy atom. The maximum Gasteiger partial charge on any atom is 0.241 e. The minimum absolute atomic E-state index is 0.0853. The number of carbonyl (C=O) groups is 1. The molecule has 0 atom stereocenters. The van der Waals surface area contributed by atoms with Crippen LogP contribution in [0.1, 0.15) is 5.69 Å². The van der Waals surface area contributed by atoms with Crippen molar-refractivity contribution in [3.05, 3.63) is 76.1 Å². The van der Waals surface area contributed by atoms with E-state index in [4.69, 9.17) is 16.3 Å². The maximum absolute atomic E-state index is 12.2. The molecule has 0 aliphatic rings. The van der Waals surface area contributed by atoms with Gasteiger partial charge in [0, 0.05) is 39.9 Å². The van der Waals surface area contributed by atoms with E-state index in [9.17, 15) is 4.79 Å². The number of aromatic nitrogens is 4. The fourth-order valence-electron chi connectivity index (χ4n) is 3.05. The first-order valence-electron chi connectivity index (χ1n) is 9.89. The summed E-state index contributed by atoms with van der Waals surface area (Å²) >= 11 is 9.41. The van der Waals surface area contributed by atoms with Crippen LogP contribution < -0.4 is 15.4 Å². The summed E-state index contributed by atoms with van der Waals surface area (Å²) in [7, 11) is 0. The van der Waals surface area contributed by atoms with Gasteiger partial charge >= 0.3 is 0 Å². The van der Waals surface area contributed by atoms with Crippen molar-refractivity contribution in [3.63, 3.8) is 0 Å². The number of pyridine rings is 1. The van der Waals surface area contributed by atoms with Crippen molar-refractivity contribution < 1.29 is 9.53 Å². The SMILES string of the molecule is O=C(Cn1cc(COc2ccc(Br)cc2)nn1)NCCNc1ccnc2cc(Cl)ccc12. The van der Waals surface area contributed by atoms with Crippen molar-refractivity contribution in [2.45, 2.75) is 13.2 Å². The molecule has 0 aliphatic carbocycles. The van der Waals surface area contributed by atoms with Crippen molar-refractivity contribution in [1.82, 2.24) is 25.3 Å². The number of halogens is 2. The number of nitrogens with one attached hydrogen (secondary N) is 2. The Hall–Kier alpha value is -3.17. The molecule has 2 N–H and O–H groups in total. The largest absolute Gasteiger partial charge is 0.487 e. The third kappa shape index (κ3) is 5.95. The Morgan fingerprint density at radius 1 is 1.12 bits per heavy atom. The van der Waals surface area contributed by atoms with Gasteiger partial charge in [-0.2, -0.15) is 0 Å². The molecule has 1 amide bonds. The molecular weight excluding hydrogens is 496 g/mol. The molecule has 0 bridgehead atoms. The number of nitrogens with zero attached hydrogens (tertiary/aromatic N) is 4. The number of fused-ring (bicyclic) bond motifs is 1. The second kappa shape index (κ2) is 10.4. The molecule has 0 spiro atoms. The van der Waals surface area contributed by atoms with Gasteiger partial charge < -0.3 is 15.4 Å². The summed E-state index contributed by atoms with van der Waals surface area (Å²) in [6.45, 7) is 1.39. The first-order chi connectivity index (χ1) is 15.6. The monoisotopic (exact) mass is 514 g/mol. The van der Waals surface area contributed by atoms with E-state index < -0.39 is 0 Å². The summed E-state index contributed by atoms with van der Waals surface area (Å²) in [5, 5.41) is 15.8. The number of anilines is 1. The second-order valence-corrected chi connectivity index (χ2v) is 8.30. The van der Waals surface area contributed by atoms with Crippen LogP contribution in [0.25, 0.3) is 10.9 Å². The molecule has 2 aromatic heterocycles. The highest BCUT2D eigenvalue weighted by molar-refractivity contribution is 9.10. The number of hydrogen-bond donors (Lipinski definition) is 2. The molecular formula is C22H20BrClN6O2. The molecule has 4 aromatic rings. The van der Waals surface area contributed by atoms with Crippen molar-refractivity contribution in [1.29, 1.82) is 0 Å². The van der Waals surface area contributed by atoms with Gasteiger partial charge in [0.2, 0.25) is 5.91 Å². The smallest absolute Gasteiger partial charge is 0.241 e. The first-order valence-corrected chi connectivity index (χ1v) is 11.1. The van der Waals surface area contributed by atoms with Crippen LogP contribution in [0.15, 0.2) is 65.4 Å². The van der Waals surface area contributed by atoms with Crippen LogP contribution >= 0.6 is 27.5 Å². The van der Waals surface area contributed by atoms with Crippen LogP contribution in [-0.2, 0) is 17.9 Å². The van der Waals surface area contributed by atoms with E-state index in [1.54, 1.807) is 12.4 Å². The molecule has 32 heavy (non-hydrogen) atoms. The van der Waals surface area contributed by atoms with E-state index in [1.807, 2.05) is 48.5 Å². The lowest BCUT2D eigenvalue weighted by atomic mass is 10.2. The lowest BCUT2D eigenvalue weighted by Crippen LogP contribution is -2.31. The van der Waals surface area contributed by atoms with Crippen LogP contribution in [0.4, 0.5) is 5.69 Å². The molecule has 4 rings (SSSR count). The van der Waals surface area contributed by atoms with Crippen LogP contribution in [0, 0.1) is 0 Å². The zero-order valence-corrected chi connectivity index (χ0v) is 19.3. The molecule has 0 radical (unpaired) electrons. The van der Waals surface area contributed by atoms with E-state index in [-0.39, 0.29) is 19.1 Å². The minimum atomic E-state index is -0.150. The average molecular weight is 516 g/mol. The Labute approximate surface area is 198 Å². The number of amides is 1. The van der Waals surface area contributed by atoms with Crippen molar-refractivity contribution in [2.75, 3.05) is 18.4 Å². The average Bonchev–Trinajstić information content (AvgIpc) is 3.23. The fourth-order valence-corrected chi connectivity index (χ4v) is 3.48. The molecule has 0 unspecified atom stereocenters. The van der Waals surface area contributed by atoms with Gasteiger partial charge in [-0.05, 0) is 48.5 Å². The van der Waals surface area contributed by atoms with Gasteiger partial charge in [-0.1, -0.05) is 32.7 Å². The van der Waals surface area contributed by atoms with Gasteiger partial charge in [-0.25, -0.2) is 4.68 Å². The quantitative estimate of drug-likeness (QED) is 0.327. The Morgan fingerprint density at radius 2 is 1.97 bits per heavy atom.